The molecule has 0 unspecified atom stereocenters. The number of benzene rings is 3. The van der Waals surface area contributed by atoms with Crippen LogP contribution in [0.3, 0.4) is 0 Å². The van der Waals surface area contributed by atoms with Crippen LogP contribution in [-0.4, -0.2) is 142 Å². The molecule has 6 aromatic rings. The van der Waals surface area contributed by atoms with Gasteiger partial charge in [0, 0.05) is 39.4 Å². The SMILES string of the molecule is CO.COC(=O)OC.CON1C(=O)CCC1=O.CON1C(=O)c2ccccc2C1=O.COc1c(F)c(F)c(F)c(F)c1F.COc1nc(C)nc(C)n1.COn1nnc2ccccc21.Cn1ccnc1. The van der Waals surface area contributed by atoms with E-state index in [1.54, 1.807) is 57.7 Å². The highest BCUT2D eigenvalue weighted by Gasteiger charge is 2.35. The Balaban J connectivity index is 0.000000412. The average molecular weight is 997 g/mol. The molecule has 28 heteroatoms. The van der Waals surface area contributed by atoms with Crippen LogP contribution in [0.4, 0.5) is 26.7 Å². The third-order valence-corrected chi connectivity index (χ3v) is 7.99. The molecular weight excluding hydrogens is 948 g/mol. The first-order valence-electron chi connectivity index (χ1n) is 19.4. The molecule has 1 N–H and O–H groups in total. The number of ether oxygens (including phenoxy) is 4. The number of aliphatic hydroxyl groups is 1. The van der Waals surface area contributed by atoms with Gasteiger partial charge < -0.3 is 33.5 Å². The summed E-state index contributed by atoms with van der Waals surface area (Å²) in [5, 5.41) is 16.2. The van der Waals surface area contributed by atoms with Gasteiger partial charge in [-0.3, -0.25) is 28.9 Å². The fraction of sp³-hybridized carbons (Fsp3) is 0.310. The summed E-state index contributed by atoms with van der Waals surface area (Å²) in [4.78, 5) is 84.8. The summed E-state index contributed by atoms with van der Waals surface area (Å²) in [5.74, 6) is -11.4. The number of methoxy groups -OCH3 is 4. The Kier molecular flexibility index (Phi) is 26.4. The van der Waals surface area contributed by atoms with Crippen LogP contribution in [0.15, 0.2) is 67.3 Å². The number of rotatable bonds is 5. The van der Waals surface area contributed by atoms with E-state index in [0.29, 0.717) is 28.8 Å². The van der Waals surface area contributed by atoms with Crippen LogP contribution in [0.25, 0.3) is 11.0 Å². The van der Waals surface area contributed by atoms with Crippen molar-refractivity contribution in [1.82, 2.24) is 49.8 Å². The number of nitrogens with zero attached hydrogens (tertiary/aromatic N) is 10. The molecule has 2 aliphatic heterocycles. The van der Waals surface area contributed by atoms with Gasteiger partial charge in [-0.05, 0) is 43.3 Å². The molecule has 3 aromatic carbocycles. The molecule has 2 aliphatic rings. The summed E-state index contributed by atoms with van der Waals surface area (Å²) in [6.07, 6.45) is 5.30. The monoisotopic (exact) mass is 996 g/mol. The molecule has 0 atom stereocenters. The van der Waals surface area contributed by atoms with Crippen LogP contribution in [0.2, 0.25) is 0 Å². The highest BCUT2D eigenvalue weighted by atomic mass is 19.2. The van der Waals surface area contributed by atoms with Crippen molar-refractivity contribution in [3.8, 4) is 11.8 Å². The fourth-order valence-corrected chi connectivity index (χ4v) is 4.93. The van der Waals surface area contributed by atoms with Crippen molar-refractivity contribution < 1.29 is 84.5 Å². The van der Waals surface area contributed by atoms with Crippen molar-refractivity contribution in [3.63, 3.8) is 0 Å². The minimum atomic E-state index is -2.20. The van der Waals surface area contributed by atoms with Crippen molar-refractivity contribution in [3.05, 3.63) is 119 Å². The summed E-state index contributed by atoms with van der Waals surface area (Å²) < 4.78 is 80.9. The second-order valence-electron chi connectivity index (χ2n) is 12.4. The van der Waals surface area contributed by atoms with Crippen molar-refractivity contribution in [2.45, 2.75) is 26.7 Å². The lowest BCUT2D eigenvalue weighted by Crippen LogP contribution is -2.28. The summed E-state index contributed by atoms with van der Waals surface area (Å²) in [5.41, 5.74) is 2.52. The number of hydrogen-bond donors (Lipinski definition) is 1. The summed E-state index contributed by atoms with van der Waals surface area (Å²) >= 11 is 0. The van der Waals surface area contributed by atoms with Crippen molar-refractivity contribution >= 4 is 40.8 Å². The lowest BCUT2D eigenvalue weighted by Gasteiger charge is -2.07. The molecule has 0 aliphatic carbocycles. The number of aliphatic hydroxyl groups excluding tert-OH is 1. The number of para-hydroxylation sites is 1. The van der Waals surface area contributed by atoms with Crippen LogP contribution >= 0.6 is 0 Å². The molecular formula is C42H49F5N10O13. The van der Waals surface area contributed by atoms with E-state index >= 15 is 0 Å². The molecule has 380 valence electrons. The second kappa shape index (κ2) is 30.9. The first-order valence-corrected chi connectivity index (χ1v) is 19.4. The second-order valence-corrected chi connectivity index (χ2v) is 12.4. The predicted molar refractivity (Wildman–Crippen MR) is 231 cm³/mol. The van der Waals surface area contributed by atoms with Crippen molar-refractivity contribution in [2.24, 2.45) is 7.05 Å². The minimum absolute atomic E-state index is 0.248. The van der Waals surface area contributed by atoms with Gasteiger partial charge in [-0.15, -0.1) is 10.2 Å². The summed E-state index contributed by atoms with van der Waals surface area (Å²) in [6.45, 7) is 3.61. The molecule has 4 amide bonds. The molecule has 8 rings (SSSR count). The van der Waals surface area contributed by atoms with E-state index in [-0.39, 0.29) is 24.7 Å². The van der Waals surface area contributed by atoms with Gasteiger partial charge in [-0.25, -0.2) is 27.9 Å². The third kappa shape index (κ3) is 17.4. The Hall–Kier alpha value is -8.24. The van der Waals surface area contributed by atoms with Crippen molar-refractivity contribution in [1.29, 1.82) is 0 Å². The third-order valence-electron chi connectivity index (χ3n) is 7.99. The van der Waals surface area contributed by atoms with Gasteiger partial charge in [0.25, 0.3) is 23.6 Å². The molecule has 3 aromatic heterocycles. The van der Waals surface area contributed by atoms with Crippen LogP contribution in [0, 0.1) is 42.9 Å². The number of aromatic nitrogens is 8. The average Bonchev–Trinajstić information content (AvgIpc) is 4.17. The Morgan fingerprint density at radius 2 is 1.10 bits per heavy atom. The quantitative estimate of drug-likeness (QED) is 0.0827. The van der Waals surface area contributed by atoms with E-state index in [2.05, 4.69) is 54.1 Å². The Morgan fingerprint density at radius 3 is 1.46 bits per heavy atom. The number of imide groups is 2. The number of hydrogen-bond acceptors (Lipinski definition) is 19. The number of carbonyl (C=O) groups is 5. The summed E-state index contributed by atoms with van der Waals surface area (Å²) in [6, 6.07) is 14.6. The highest BCUT2D eigenvalue weighted by molar-refractivity contribution is 6.20. The standard InChI is InChI=1S/C9H7NO3.C7H3F5O.C7H7N3O.C6H9N3O.C5H7NO3.C4H6N2.C3H6O3.CH4O/c1-13-10-8(11)6-4-2-3-5-7(6)9(10)12;1-13-7-5(11)3(9)2(8)4(10)6(7)12;1-11-10-7-5-3-2-4-6(7)8-9-10;1-4-7-5(2)9-6(8-4)10-3;1-9-6-4(7)2-3-5(6)8;1-6-3-2-5-4-6;1-5-3(4)6-2;1-2/h2-5H,1H3;1H3;2-5H,1H3;1-3H3;2-3H2,1H3;2-4H,1H3;1-2H3;2H,1H3. The number of imidazole rings is 1. The van der Waals surface area contributed by atoms with E-state index in [0.717, 1.165) is 35.4 Å². The lowest BCUT2D eigenvalue weighted by molar-refractivity contribution is -0.179. The molecule has 1 fully saturated rings. The van der Waals surface area contributed by atoms with E-state index < -0.39 is 52.8 Å². The molecule has 0 radical (unpaired) electrons. The number of amides is 4. The van der Waals surface area contributed by atoms with Gasteiger partial charge in [0.05, 0.1) is 60.1 Å². The fourth-order valence-electron chi connectivity index (χ4n) is 4.93. The van der Waals surface area contributed by atoms with Gasteiger partial charge in [-0.2, -0.15) is 23.8 Å². The zero-order chi connectivity index (χ0) is 53.1. The van der Waals surface area contributed by atoms with Gasteiger partial charge in [0.2, 0.25) is 29.1 Å². The number of aryl methyl sites for hydroxylation is 3. The Morgan fingerprint density at radius 1 is 0.629 bits per heavy atom. The van der Waals surface area contributed by atoms with Crippen LogP contribution in [0.1, 0.15) is 45.2 Å². The van der Waals surface area contributed by atoms with E-state index in [9.17, 15) is 45.9 Å². The molecule has 5 heterocycles. The van der Waals surface area contributed by atoms with Crippen LogP contribution < -0.4 is 14.3 Å². The topological polar surface area (TPSA) is 264 Å². The largest absolute Gasteiger partial charge is 0.507 e. The van der Waals surface area contributed by atoms with Crippen LogP contribution in [0.5, 0.6) is 11.8 Å². The van der Waals surface area contributed by atoms with Crippen molar-refractivity contribution in [2.75, 3.05) is 56.9 Å². The zero-order valence-corrected chi connectivity index (χ0v) is 39.5. The van der Waals surface area contributed by atoms with E-state index in [1.165, 1.54) is 40.4 Å². The van der Waals surface area contributed by atoms with Gasteiger partial charge in [0.15, 0.2) is 5.75 Å². The van der Waals surface area contributed by atoms with Gasteiger partial charge in [-0.1, -0.05) is 29.1 Å². The smallest absolute Gasteiger partial charge is 0.491 e. The maximum absolute atomic E-state index is 12.6. The minimum Gasteiger partial charge on any atom is -0.491 e. The lowest BCUT2D eigenvalue weighted by atomic mass is 10.1. The highest BCUT2D eigenvalue weighted by Crippen LogP contribution is 2.28. The Bertz CT molecular complexity index is 2520. The number of hydroxylamine groups is 4. The van der Waals surface area contributed by atoms with E-state index in [4.69, 9.17) is 14.7 Å². The molecule has 70 heavy (non-hydrogen) atoms. The number of halogens is 5. The molecule has 1 saturated heterocycles. The number of carbonyl (C=O) groups excluding carboxylic acids is 5. The maximum Gasteiger partial charge on any atom is 0.507 e. The molecule has 23 nitrogen and oxygen atoms in total. The zero-order valence-electron chi connectivity index (χ0n) is 39.5. The summed E-state index contributed by atoms with van der Waals surface area (Å²) in [7, 11) is 11.9. The Labute approximate surface area is 396 Å². The first kappa shape index (κ1) is 59.8. The van der Waals surface area contributed by atoms with E-state index in [1.807, 2.05) is 42.1 Å². The van der Waals surface area contributed by atoms with Gasteiger partial charge in [0.1, 0.15) is 29.8 Å². The molecule has 0 spiro atoms. The first-order chi connectivity index (χ1) is 33.3. The number of fused-ring (bicyclic) bond motifs is 2. The van der Waals surface area contributed by atoms with Crippen LogP contribution in [-0.2, 0) is 35.8 Å². The predicted octanol–water partition coefficient (Wildman–Crippen LogP) is 4.35. The normalized spacial score (nSPS) is 11.6. The van der Waals surface area contributed by atoms with Gasteiger partial charge >= 0.3 is 12.2 Å². The maximum atomic E-state index is 12.6. The molecule has 0 saturated carbocycles. The molecule has 0 bridgehead atoms.